The second-order valence-corrected chi connectivity index (χ2v) is 9.91. The third-order valence-electron chi connectivity index (χ3n) is 5.99. The van der Waals surface area contributed by atoms with Crippen molar-refractivity contribution in [2.45, 2.75) is 50.0 Å². The van der Waals surface area contributed by atoms with Crippen molar-refractivity contribution in [2.75, 3.05) is 19.6 Å². The fourth-order valence-corrected chi connectivity index (χ4v) is 5.71. The molecule has 1 atom stereocenters. The van der Waals surface area contributed by atoms with Gasteiger partial charge in [0.1, 0.15) is 5.69 Å². The highest BCUT2D eigenvalue weighted by atomic mass is 32.2. The fraction of sp³-hybridized carbons (Fsp3) is 0.600. The Morgan fingerprint density at radius 1 is 1.17 bits per heavy atom. The molecule has 2 aromatic heterocycles. The van der Waals surface area contributed by atoms with E-state index in [9.17, 15) is 13.2 Å². The van der Waals surface area contributed by atoms with Gasteiger partial charge in [0.2, 0.25) is 11.0 Å². The maximum absolute atomic E-state index is 13.0. The van der Waals surface area contributed by atoms with E-state index in [0.29, 0.717) is 43.3 Å². The molecule has 2 fully saturated rings. The van der Waals surface area contributed by atoms with Crippen LogP contribution in [0.3, 0.4) is 0 Å². The second-order valence-electron chi connectivity index (χ2n) is 8.04. The Bertz CT molecular complexity index is 916. The number of sulfonamides is 1. The lowest BCUT2D eigenvalue weighted by Gasteiger charge is -2.31. The van der Waals surface area contributed by atoms with Gasteiger partial charge in [0.05, 0.1) is 5.92 Å². The van der Waals surface area contributed by atoms with Crippen LogP contribution in [-0.2, 0) is 14.8 Å². The number of nitrogens with zero attached hydrogens (tertiary/aromatic N) is 2. The Balaban J connectivity index is 1.38. The summed E-state index contributed by atoms with van der Waals surface area (Å²) in [5, 5.41) is 9.56. The minimum atomic E-state index is -3.78. The molecule has 0 bridgehead atoms. The number of hydrogen-bond donors (Lipinski definition) is 2. The van der Waals surface area contributed by atoms with E-state index in [0.717, 1.165) is 0 Å². The van der Waals surface area contributed by atoms with Crippen molar-refractivity contribution in [3.63, 3.8) is 0 Å². The number of amides is 1. The zero-order chi connectivity index (χ0) is 20.3. The highest BCUT2D eigenvalue weighted by molar-refractivity contribution is 7.89. The van der Waals surface area contributed by atoms with Gasteiger partial charge in [-0.3, -0.25) is 9.89 Å². The summed E-state index contributed by atoms with van der Waals surface area (Å²) in [7, 11) is -3.78. The molecule has 2 aliphatic rings. The molecule has 2 N–H and O–H groups in total. The summed E-state index contributed by atoms with van der Waals surface area (Å²) < 4.78 is 33.0. The first-order valence-corrected chi connectivity index (χ1v) is 11.9. The van der Waals surface area contributed by atoms with Gasteiger partial charge in [0.15, 0.2) is 5.76 Å². The van der Waals surface area contributed by atoms with Crippen molar-refractivity contribution in [3.8, 4) is 11.5 Å². The molecule has 1 saturated carbocycles. The topological polar surface area (TPSA) is 108 Å². The zero-order valence-electron chi connectivity index (χ0n) is 16.5. The van der Waals surface area contributed by atoms with E-state index in [1.807, 2.05) is 0 Å². The maximum atomic E-state index is 13.0. The molecule has 1 aliphatic carbocycles. The highest BCUT2D eigenvalue weighted by Crippen LogP contribution is 2.28. The first-order valence-electron chi connectivity index (χ1n) is 10.4. The number of aromatic amines is 1. The average molecular weight is 421 g/mol. The normalized spacial score (nSPS) is 21.9. The average Bonchev–Trinajstić information content (AvgIpc) is 3.45. The van der Waals surface area contributed by atoms with Crippen molar-refractivity contribution >= 4 is 15.9 Å². The third kappa shape index (κ3) is 4.56. The molecular formula is C20H28N4O4S. The number of carbonyl (C=O) groups excluding carboxylic acids is 1. The Morgan fingerprint density at radius 3 is 2.76 bits per heavy atom. The standard InChI is InChI=1S/C20H28N4O4S/c25-20(21-13-15-5-2-1-3-6-15)16-7-4-12-24(14-16)29(26,27)19-9-8-18(28-19)17-10-11-22-23-17/h8-11,15-16H,1-7,12-14H2,(H,21,25)(H,22,23). The molecule has 0 radical (unpaired) electrons. The molecule has 4 rings (SSSR count). The number of rotatable bonds is 6. The van der Waals surface area contributed by atoms with E-state index < -0.39 is 10.0 Å². The van der Waals surface area contributed by atoms with Crippen LogP contribution in [0.25, 0.3) is 11.5 Å². The van der Waals surface area contributed by atoms with Crippen molar-refractivity contribution in [3.05, 3.63) is 24.4 Å². The SMILES string of the molecule is O=C(NCC1CCCCC1)C1CCCN(S(=O)(=O)c2ccc(-c3ccn[nH]3)o2)C1. The number of H-pyrrole nitrogens is 1. The molecule has 3 heterocycles. The van der Waals surface area contributed by atoms with Crippen LogP contribution in [-0.4, -0.2) is 48.5 Å². The van der Waals surface area contributed by atoms with E-state index in [1.165, 1.54) is 42.5 Å². The first kappa shape index (κ1) is 20.2. The van der Waals surface area contributed by atoms with Crippen LogP contribution in [0.4, 0.5) is 0 Å². The summed E-state index contributed by atoms with van der Waals surface area (Å²) >= 11 is 0. The van der Waals surface area contributed by atoms with Gasteiger partial charge in [0.25, 0.3) is 10.0 Å². The summed E-state index contributed by atoms with van der Waals surface area (Å²) in [6.07, 6.45) is 9.04. The van der Waals surface area contributed by atoms with Gasteiger partial charge >= 0.3 is 0 Å². The summed E-state index contributed by atoms with van der Waals surface area (Å²) in [5.41, 5.74) is 0.616. The summed E-state index contributed by atoms with van der Waals surface area (Å²) in [4.78, 5) is 12.6. The Labute approximate surface area is 171 Å². The second kappa shape index (κ2) is 8.71. The van der Waals surface area contributed by atoms with Gasteiger partial charge in [-0.2, -0.15) is 9.40 Å². The van der Waals surface area contributed by atoms with E-state index >= 15 is 0 Å². The van der Waals surface area contributed by atoms with Gasteiger partial charge in [-0.15, -0.1) is 0 Å². The maximum Gasteiger partial charge on any atom is 0.276 e. The quantitative estimate of drug-likeness (QED) is 0.747. The van der Waals surface area contributed by atoms with Gasteiger partial charge in [-0.05, 0) is 49.8 Å². The van der Waals surface area contributed by atoms with E-state index in [-0.39, 0.29) is 23.5 Å². The molecule has 29 heavy (non-hydrogen) atoms. The van der Waals surface area contributed by atoms with Crippen molar-refractivity contribution in [2.24, 2.45) is 11.8 Å². The van der Waals surface area contributed by atoms with Crippen molar-refractivity contribution in [1.29, 1.82) is 0 Å². The van der Waals surface area contributed by atoms with Crippen LogP contribution in [0.5, 0.6) is 0 Å². The third-order valence-corrected chi connectivity index (χ3v) is 7.73. The molecular weight excluding hydrogens is 392 g/mol. The van der Waals surface area contributed by atoms with Crippen molar-refractivity contribution in [1.82, 2.24) is 19.8 Å². The Hall–Kier alpha value is -2.13. The molecule has 1 aliphatic heterocycles. The lowest BCUT2D eigenvalue weighted by molar-refractivity contribution is -0.126. The number of nitrogens with one attached hydrogen (secondary N) is 2. The summed E-state index contributed by atoms with van der Waals surface area (Å²) in [5.74, 6) is 0.622. The zero-order valence-corrected chi connectivity index (χ0v) is 17.3. The van der Waals surface area contributed by atoms with Crippen LogP contribution >= 0.6 is 0 Å². The largest absolute Gasteiger partial charge is 0.442 e. The molecule has 1 saturated heterocycles. The van der Waals surface area contributed by atoms with E-state index in [4.69, 9.17) is 4.42 Å². The van der Waals surface area contributed by atoms with Crippen LogP contribution in [0, 0.1) is 11.8 Å². The Kier molecular flexibility index (Phi) is 6.05. The molecule has 158 valence electrons. The van der Waals surface area contributed by atoms with Gasteiger partial charge in [-0.1, -0.05) is 19.3 Å². The molecule has 2 aromatic rings. The predicted molar refractivity (Wildman–Crippen MR) is 107 cm³/mol. The fourth-order valence-electron chi connectivity index (χ4n) is 4.28. The molecule has 1 unspecified atom stereocenters. The minimum absolute atomic E-state index is 0.0342. The van der Waals surface area contributed by atoms with E-state index in [2.05, 4.69) is 15.5 Å². The molecule has 0 aromatic carbocycles. The smallest absolute Gasteiger partial charge is 0.276 e. The van der Waals surface area contributed by atoms with Crippen LogP contribution in [0.1, 0.15) is 44.9 Å². The lowest BCUT2D eigenvalue weighted by Crippen LogP contribution is -2.46. The summed E-state index contributed by atoms with van der Waals surface area (Å²) in [6.45, 7) is 1.29. The minimum Gasteiger partial charge on any atom is -0.442 e. The first-order chi connectivity index (χ1) is 14.0. The van der Waals surface area contributed by atoms with Gasteiger partial charge in [0, 0.05) is 25.8 Å². The molecule has 1 amide bonds. The predicted octanol–water partition coefficient (Wildman–Crippen LogP) is 2.77. The van der Waals surface area contributed by atoms with Crippen LogP contribution < -0.4 is 5.32 Å². The number of hydrogen-bond acceptors (Lipinski definition) is 5. The number of piperidine rings is 1. The highest BCUT2D eigenvalue weighted by Gasteiger charge is 2.35. The van der Waals surface area contributed by atoms with E-state index in [1.54, 1.807) is 18.3 Å². The van der Waals surface area contributed by atoms with Gasteiger partial charge < -0.3 is 9.73 Å². The van der Waals surface area contributed by atoms with Crippen LogP contribution in [0.2, 0.25) is 0 Å². The number of furan rings is 1. The molecule has 9 heteroatoms. The monoisotopic (exact) mass is 420 g/mol. The summed E-state index contributed by atoms with van der Waals surface area (Å²) in [6, 6.07) is 4.78. The van der Waals surface area contributed by atoms with Crippen molar-refractivity contribution < 1.29 is 17.6 Å². The molecule has 8 nitrogen and oxygen atoms in total. The lowest BCUT2D eigenvalue weighted by atomic mass is 9.89. The number of carbonyl (C=O) groups is 1. The van der Waals surface area contributed by atoms with Crippen LogP contribution in [0.15, 0.2) is 33.9 Å². The Morgan fingerprint density at radius 2 is 2.00 bits per heavy atom. The van der Waals surface area contributed by atoms with Gasteiger partial charge in [-0.25, -0.2) is 8.42 Å². The molecule has 0 spiro atoms. The number of aromatic nitrogens is 2.